The molecular weight excluding hydrogens is 456 g/mol. The largest absolute Gasteiger partial charge is 0.497 e. The van der Waals surface area contributed by atoms with E-state index in [1.54, 1.807) is 7.11 Å². The molecule has 3 aromatic rings. The number of methoxy groups -OCH3 is 1. The molecule has 0 spiro atoms. The van der Waals surface area contributed by atoms with E-state index in [1.165, 1.54) is 0 Å². The van der Waals surface area contributed by atoms with Crippen LogP contribution < -0.4 is 14.2 Å². The number of hydrazone groups is 1. The molecule has 0 unspecified atom stereocenters. The minimum absolute atomic E-state index is 0.106. The van der Waals surface area contributed by atoms with Gasteiger partial charge in [-0.05, 0) is 79.2 Å². The SMILES string of the molecule is CCOc1ccc(C2=NN3[C@H](C2)c2cc(Br)ccc2O[C@@H]3c2ccc(OC)cc2)cc1. The molecule has 3 aromatic carbocycles. The molecule has 0 fully saturated rings. The van der Waals surface area contributed by atoms with Gasteiger partial charge in [0, 0.05) is 22.0 Å². The first-order valence-corrected chi connectivity index (χ1v) is 11.1. The predicted octanol–water partition coefficient (Wildman–Crippen LogP) is 6.10. The van der Waals surface area contributed by atoms with E-state index in [1.807, 2.05) is 55.5 Å². The van der Waals surface area contributed by atoms with E-state index < -0.39 is 0 Å². The van der Waals surface area contributed by atoms with Crippen LogP contribution in [0.4, 0.5) is 0 Å². The highest BCUT2D eigenvalue weighted by Gasteiger charge is 2.41. The monoisotopic (exact) mass is 478 g/mol. The van der Waals surface area contributed by atoms with Crippen LogP contribution in [0.15, 0.2) is 76.3 Å². The maximum absolute atomic E-state index is 6.43. The zero-order valence-electron chi connectivity index (χ0n) is 17.4. The molecule has 6 heteroatoms. The Balaban J connectivity index is 1.53. The lowest BCUT2D eigenvalue weighted by atomic mass is 9.96. The Kier molecular flexibility index (Phi) is 5.32. The molecule has 0 N–H and O–H groups in total. The number of nitrogens with zero attached hydrogens (tertiary/aromatic N) is 2. The Morgan fingerprint density at radius 3 is 2.48 bits per heavy atom. The molecule has 0 amide bonds. The zero-order chi connectivity index (χ0) is 21.4. The van der Waals surface area contributed by atoms with Gasteiger partial charge in [-0.2, -0.15) is 5.10 Å². The van der Waals surface area contributed by atoms with E-state index in [4.69, 9.17) is 19.3 Å². The first-order valence-electron chi connectivity index (χ1n) is 10.4. The second kappa shape index (κ2) is 8.27. The molecule has 158 valence electrons. The number of rotatable bonds is 5. The average molecular weight is 479 g/mol. The number of fused-ring (bicyclic) bond motifs is 3. The van der Waals surface area contributed by atoms with E-state index >= 15 is 0 Å². The number of ether oxygens (including phenoxy) is 3. The van der Waals surface area contributed by atoms with Crippen LogP contribution in [0.1, 0.15) is 42.3 Å². The Morgan fingerprint density at radius 2 is 1.77 bits per heavy atom. The Hall–Kier alpha value is -2.99. The molecule has 0 saturated carbocycles. The zero-order valence-corrected chi connectivity index (χ0v) is 19.0. The lowest BCUT2D eigenvalue weighted by molar-refractivity contribution is -0.0191. The van der Waals surface area contributed by atoms with Gasteiger partial charge in [-0.3, -0.25) is 0 Å². The highest BCUT2D eigenvalue weighted by molar-refractivity contribution is 9.10. The number of hydrogen-bond donors (Lipinski definition) is 0. The van der Waals surface area contributed by atoms with Crippen molar-refractivity contribution in [1.29, 1.82) is 0 Å². The Bertz CT molecular complexity index is 1110. The normalized spacial score (nSPS) is 19.2. The van der Waals surface area contributed by atoms with Crippen LogP contribution in [0.2, 0.25) is 0 Å². The molecule has 0 aliphatic carbocycles. The van der Waals surface area contributed by atoms with Crippen molar-refractivity contribution in [2.45, 2.75) is 25.6 Å². The van der Waals surface area contributed by atoms with Crippen molar-refractivity contribution in [3.63, 3.8) is 0 Å². The van der Waals surface area contributed by atoms with Crippen molar-refractivity contribution in [1.82, 2.24) is 5.01 Å². The first-order chi connectivity index (χ1) is 15.2. The first kappa shape index (κ1) is 19.9. The van der Waals surface area contributed by atoms with Gasteiger partial charge in [-0.25, -0.2) is 5.01 Å². The third-order valence-corrected chi connectivity index (χ3v) is 6.14. The summed E-state index contributed by atoms with van der Waals surface area (Å²) in [7, 11) is 1.67. The molecule has 0 bridgehead atoms. The van der Waals surface area contributed by atoms with Crippen LogP contribution in [-0.4, -0.2) is 24.4 Å². The van der Waals surface area contributed by atoms with Crippen molar-refractivity contribution in [3.8, 4) is 17.2 Å². The average Bonchev–Trinajstić information content (AvgIpc) is 3.25. The van der Waals surface area contributed by atoms with Crippen LogP contribution in [0.5, 0.6) is 17.2 Å². The van der Waals surface area contributed by atoms with Crippen molar-refractivity contribution in [2.75, 3.05) is 13.7 Å². The van der Waals surface area contributed by atoms with Gasteiger partial charge in [0.05, 0.1) is 25.5 Å². The van der Waals surface area contributed by atoms with Crippen LogP contribution in [0, 0.1) is 0 Å². The van der Waals surface area contributed by atoms with Gasteiger partial charge < -0.3 is 14.2 Å². The molecule has 5 rings (SSSR count). The van der Waals surface area contributed by atoms with Crippen LogP contribution in [0.3, 0.4) is 0 Å². The molecule has 2 aliphatic rings. The Labute approximate surface area is 190 Å². The lowest BCUT2D eigenvalue weighted by Crippen LogP contribution is -2.33. The van der Waals surface area contributed by atoms with Crippen LogP contribution in [-0.2, 0) is 0 Å². The summed E-state index contributed by atoms with van der Waals surface area (Å²) in [5.41, 5.74) is 4.32. The maximum atomic E-state index is 6.43. The minimum atomic E-state index is -0.301. The number of halogens is 1. The van der Waals surface area contributed by atoms with Crippen molar-refractivity contribution >= 4 is 21.6 Å². The highest BCUT2D eigenvalue weighted by Crippen LogP contribution is 2.48. The molecule has 0 radical (unpaired) electrons. The molecule has 2 heterocycles. The quantitative estimate of drug-likeness (QED) is 0.444. The molecular formula is C25H23BrN2O3. The summed E-state index contributed by atoms with van der Waals surface area (Å²) in [6.45, 7) is 2.64. The third kappa shape index (κ3) is 3.76. The van der Waals surface area contributed by atoms with Crippen molar-refractivity contribution in [2.24, 2.45) is 5.10 Å². The molecule has 0 saturated heterocycles. The standard InChI is InChI=1S/C25H23BrN2O3/c1-3-30-20-11-4-16(5-12-20)22-15-23-21-14-18(26)8-13-24(21)31-25(28(23)27-22)17-6-9-19(29-2)10-7-17/h4-14,23,25H,3,15H2,1-2H3/t23-,25-/m1/s1. The van der Waals surface area contributed by atoms with Crippen molar-refractivity contribution in [3.05, 3.63) is 87.9 Å². The maximum Gasteiger partial charge on any atom is 0.213 e. The molecule has 0 aromatic heterocycles. The summed E-state index contributed by atoms with van der Waals surface area (Å²) in [5, 5.41) is 7.11. The summed E-state index contributed by atoms with van der Waals surface area (Å²) in [6, 6.07) is 22.4. The van der Waals surface area contributed by atoms with Crippen LogP contribution >= 0.6 is 15.9 Å². The minimum Gasteiger partial charge on any atom is -0.497 e. The van der Waals surface area contributed by atoms with Crippen LogP contribution in [0.25, 0.3) is 0 Å². The fraction of sp³-hybridized carbons (Fsp3) is 0.240. The van der Waals surface area contributed by atoms with Gasteiger partial charge >= 0.3 is 0 Å². The molecule has 2 atom stereocenters. The predicted molar refractivity (Wildman–Crippen MR) is 124 cm³/mol. The summed E-state index contributed by atoms with van der Waals surface area (Å²) < 4.78 is 18.4. The summed E-state index contributed by atoms with van der Waals surface area (Å²) in [4.78, 5) is 0. The smallest absolute Gasteiger partial charge is 0.213 e. The Morgan fingerprint density at radius 1 is 1.03 bits per heavy atom. The summed E-state index contributed by atoms with van der Waals surface area (Å²) in [6.07, 6.45) is 0.512. The van der Waals surface area contributed by atoms with Gasteiger partial charge in [-0.15, -0.1) is 0 Å². The fourth-order valence-corrected chi connectivity index (χ4v) is 4.51. The van der Waals surface area contributed by atoms with Gasteiger partial charge in [0.1, 0.15) is 17.2 Å². The van der Waals surface area contributed by atoms with E-state index in [9.17, 15) is 0 Å². The van der Waals surface area contributed by atoms with Gasteiger partial charge in [-0.1, -0.05) is 15.9 Å². The highest BCUT2D eigenvalue weighted by atomic mass is 79.9. The number of benzene rings is 3. The fourth-order valence-electron chi connectivity index (χ4n) is 4.13. The molecule has 31 heavy (non-hydrogen) atoms. The second-order valence-corrected chi connectivity index (χ2v) is 8.45. The molecule has 5 nitrogen and oxygen atoms in total. The third-order valence-electron chi connectivity index (χ3n) is 5.65. The molecule has 2 aliphatic heterocycles. The topological polar surface area (TPSA) is 43.3 Å². The lowest BCUT2D eigenvalue weighted by Gasteiger charge is -2.38. The van der Waals surface area contributed by atoms with E-state index in [-0.39, 0.29) is 12.3 Å². The van der Waals surface area contributed by atoms with Gasteiger partial charge in [0.15, 0.2) is 0 Å². The second-order valence-electron chi connectivity index (χ2n) is 7.53. The van der Waals surface area contributed by atoms with Crippen molar-refractivity contribution < 1.29 is 14.2 Å². The van der Waals surface area contributed by atoms with E-state index in [0.717, 1.165) is 50.5 Å². The van der Waals surface area contributed by atoms with Gasteiger partial charge in [0.25, 0.3) is 0 Å². The van der Waals surface area contributed by atoms with E-state index in [2.05, 4.69) is 39.1 Å². The summed E-state index contributed by atoms with van der Waals surface area (Å²) >= 11 is 3.61. The summed E-state index contributed by atoms with van der Waals surface area (Å²) in [5.74, 6) is 2.59. The van der Waals surface area contributed by atoms with E-state index in [0.29, 0.717) is 6.61 Å². The number of hydrogen-bond acceptors (Lipinski definition) is 5. The van der Waals surface area contributed by atoms with Gasteiger partial charge in [0.2, 0.25) is 6.23 Å².